The Morgan fingerprint density at radius 2 is 2.13 bits per heavy atom. The first-order valence-electron chi connectivity index (χ1n) is 5.97. The fourth-order valence-electron chi connectivity index (χ4n) is 2.06. The molecule has 0 amide bonds. The number of ether oxygens (including phenoxy) is 1. The molecule has 0 aliphatic carbocycles. The molecule has 0 bridgehead atoms. The topological polar surface area (TPSA) is 29.5 Å². The lowest BCUT2D eigenvalue weighted by molar-refractivity contribution is -0.149. The van der Waals surface area contributed by atoms with Gasteiger partial charge in [-0.05, 0) is 38.6 Å². The maximum atomic E-state index is 11.6. The van der Waals surface area contributed by atoms with E-state index in [1.165, 1.54) is 6.42 Å². The molecule has 3 atom stereocenters. The quantitative estimate of drug-likeness (QED) is 0.671. The molecule has 15 heavy (non-hydrogen) atoms. The van der Waals surface area contributed by atoms with Crippen LogP contribution in [0.3, 0.4) is 0 Å². The van der Waals surface area contributed by atoms with E-state index in [0.717, 1.165) is 19.0 Å². The molecule has 0 spiro atoms. The van der Waals surface area contributed by atoms with E-state index in [1.54, 1.807) is 0 Å². The second-order valence-corrected chi connectivity index (χ2v) is 4.67. The maximum Gasteiger partial charge on any atom is 0.323 e. The Morgan fingerprint density at radius 3 is 2.67 bits per heavy atom. The molecule has 88 valence electrons. The summed E-state index contributed by atoms with van der Waals surface area (Å²) < 4.78 is 5.04. The van der Waals surface area contributed by atoms with Gasteiger partial charge >= 0.3 is 5.97 Å². The molecular weight excluding hydrogens is 190 g/mol. The molecule has 0 aromatic rings. The van der Waals surface area contributed by atoms with Crippen molar-refractivity contribution in [1.82, 2.24) is 4.90 Å². The van der Waals surface area contributed by atoms with Crippen LogP contribution in [0.4, 0.5) is 0 Å². The minimum atomic E-state index is -0.0840. The Bertz CT molecular complexity index is 218. The summed E-state index contributed by atoms with van der Waals surface area (Å²) in [4.78, 5) is 13.8. The summed E-state index contributed by atoms with van der Waals surface area (Å²) in [5.41, 5.74) is 0. The molecule has 0 saturated carbocycles. The van der Waals surface area contributed by atoms with Gasteiger partial charge in [0, 0.05) is 6.54 Å². The molecule has 1 saturated heterocycles. The van der Waals surface area contributed by atoms with Crippen molar-refractivity contribution in [2.75, 3.05) is 19.7 Å². The van der Waals surface area contributed by atoms with Crippen LogP contribution in [-0.2, 0) is 9.53 Å². The van der Waals surface area contributed by atoms with Crippen LogP contribution in [0.5, 0.6) is 0 Å². The third-order valence-corrected chi connectivity index (χ3v) is 3.54. The summed E-state index contributed by atoms with van der Waals surface area (Å²) in [5, 5.41) is 0. The van der Waals surface area contributed by atoms with E-state index >= 15 is 0 Å². The lowest BCUT2D eigenvalue weighted by Crippen LogP contribution is -2.47. The van der Waals surface area contributed by atoms with E-state index in [4.69, 9.17) is 4.74 Å². The lowest BCUT2D eigenvalue weighted by atomic mass is 9.88. The van der Waals surface area contributed by atoms with Gasteiger partial charge in [-0.25, -0.2) is 0 Å². The van der Waals surface area contributed by atoms with Crippen molar-refractivity contribution in [3.8, 4) is 0 Å². The van der Waals surface area contributed by atoms with Gasteiger partial charge < -0.3 is 4.74 Å². The second-order valence-electron chi connectivity index (χ2n) is 4.67. The number of hydrogen-bond acceptors (Lipinski definition) is 3. The number of esters is 1. The van der Waals surface area contributed by atoms with Crippen molar-refractivity contribution in [2.24, 2.45) is 11.8 Å². The zero-order valence-corrected chi connectivity index (χ0v) is 10.3. The van der Waals surface area contributed by atoms with E-state index in [2.05, 4.69) is 18.7 Å². The SMILES string of the molecule is CCOC(=O)C(C)N1CCC(C)C(C)C1. The van der Waals surface area contributed by atoms with Crippen LogP contribution in [0.2, 0.25) is 0 Å². The number of hydrogen-bond donors (Lipinski definition) is 0. The Balaban J connectivity index is 2.46. The average Bonchev–Trinajstić information content (AvgIpc) is 2.21. The molecule has 0 N–H and O–H groups in total. The van der Waals surface area contributed by atoms with Crippen LogP contribution in [0, 0.1) is 11.8 Å². The van der Waals surface area contributed by atoms with Crippen molar-refractivity contribution in [1.29, 1.82) is 0 Å². The number of nitrogens with zero attached hydrogens (tertiary/aromatic N) is 1. The average molecular weight is 213 g/mol. The first kappa shape index (κ1) is 12.5. The first-order chi connectivity index (χ1) is 7.06. The zero-order chi connectivity index (χ0) is 11.4. The highest BCUT2D eigenvalue weighted by molar-refractivity contribution is 5.75. The van der Waals surface area contributed by atoms with Gasteiger partial charge in [0.1, 0.15) is 6.04 Å². The van der Waals surface area contributed by atoms with Gasteiger partial charge in [0.05, 0.1) is 6.61 Å². The highest BCUT2D eigenvalue weighted by atomic mass is 16.5. The summed E-state index contributed by atoms with van der Waals surface area (Å²) in [6, 6.07) is -0.0834. The standard InChI is InChI=1S/C12H23NO2/c1-5-15-12(14)11(4)13-7-6-9(2)10(3)8-13/h9-11H,5-8H2,1-4H3. The molecule has 1 heterocycles. The molecule has 3 heteroatoms. The van der Waals surface area contributed by atoms with Crippen LogP contribution >= 0.6 is 0 Å². The normalized spacial score (nSPS) is 29.9. The van der Waals surface area contributed by atoms with E-state index in [0.29, 0.717) is 12.5 Å². The smallest absolute Gasteiger partial charge is 0.323 e. The van der Waals surface area contributed by atoms with Crippen LogP contribution in [-0.4, -0.2) is 36.6 Å². The summed E-state index contributed by atoms with van der Waals surface area (Å²) in [6.07, 6.45) is 1.19. The summed E-state index contributed by atoms with van der Waals surface area (Å²) >= 11 is 0. The van der Waals surface area contributed by atoms with Crippen molar-refractivity contribution in [3.63, 3.8) is 0 Å². The molecule has 3 unspecified atom stereocenters. The van der Waals surface area contributed by atoms with Crippen LogP contribution in [0.25, 0.3) is 0 Å². The minimum Gasteiger partial charge on any atom is -0.465 e. The van der Waals surface area contributed by atoms with E-state index in [-0.39, 0.29) is 12.0 Å². The third kappa shape index (κ3) is 3.20. The number of rotatable bonds is 3. The predicted molar refractivity (Wildman–Crippen MR) is 60.6 cm³/mol. The molecule has 1 aliphatic heterocycles. The van der Waals surface area contributed by atoms with Crippen molar-refractivity contribution >= 4 is 5.97 Å². The minimum absolute atomic E-state index is 0.0834. The lowest BCUT2D eigenvalue weighted by Gasteiger charge is -2.37. The fourth-order valence-corrected chi connectivity index (χ4v) is 2.06. The van der Waals surface area contributed by atoms with Crippen LogP contribution in [0.1, 0.15) is 34.1 Å². The monoisotopic (exact) mass is 213 g/mol. The molecule has 1 rings (SSSR count). The molecule has 1 aliphatic rings. The molecule has 3 nitrogen and oxygen atoms in total. The fraction of sp³-hybridized carbons (Fsp3) is 0.917. The van der Waals surface area contributed by atoms with Gasteiger partial charge in [0.15, 0.2) is 0 Å². The van der Waals surface area contributed by atoms with Crippen LogP contribution < -0.4 is 0 Å². The highest BCUT2D eigenvalue weighted by Gasteiger charge is 2.29. The maximum absolute atomic E-state index is 11.6. The van der Waals surface area contributed by atoms with Gasteiger partial charge in [-0.2, -0.15) is 0 Å². The van der Waals surface area contributed by atoms with Gasteiger partial charge in [-0.15, -0.1) is 0 Å². The number of likely N-dealkylation sites (tertiary alicyclic amines) is 1. The zero-order valence-electron chi connectivity index (χ0n) is 10.3. The van der Waals surface area contributed by atoms with Gasteiger partial charge in [-0.1, -0.05) is 13.8 Å². The van der Waals surface area contributed by atoms with E-state index in [1.807, 2.05) is 13.8 Å². The Hall–Kier alpha value is -0.570. The van der Waals surface area contributed by atoms with Crippen molar-refractivity contribution in [3.05, 3.63) is 0 Å². The largest absolute Gasteiger partial charge is 0.465 e. The number of carbonyl (C=O) groups excluding carboxylic acids is 1. The molecule has 0 radical (unpaired) electrons. The Morgan fingerprint density at radius 1 is 1.47 bits per heavy atom. The number of piperidine rings is 1. The molecule has 0 aromatic carbocycles. The van der Waals surface area contributed by atoms with E-state index in [9.17, 15) is 4.79 Å². The Kier molecular flexibility index (Phi) is 4.58. The summed E-state index contributed by atoms with van der Waals surface area (Å²) in [7, 11) is 0. The van der Waals surface area contributed by atoms with Crippen molar-refractivity contribution in [2.45, 2.75) is 40.2 Å². The van der Waals surface area contributed by atoms with Gasteiger partial charge in [-0.3, -0.25) is 9.69 Å². The number of carbonyl (C=O) groups is 1. The summed E-state index contributed by atoms with van der Waals surface area (Å²) in [6.45, 7) is 10.9. The van der Waals surface area contributed by atoms with Gasteiger partial charge in [0.25, 0.3) is 0 Å². The molecular formula is C12H23NO2. The molecule has 0 aromatic heterocycles. The Labute approximate surface area is 92.8 Å². The summed E-state index contributed by atoms with van der Waals surface area (Å²) in [5.74, 6) is 1.37. The predicted octanol–water partition coefficient (Wildman–Crippen LogP) is 1.92. The van der Waals surface area contributed by atoms with Gasteiger partial charge in [0.2, 0.25) is 0 Å². The highest BCUT2D eigenvalue weighted by Crippen LogP contribution is 2.23. The molecule has 1 fully saturated rings. The third-order valence-electron chi connectivity index (χ3n) is 3.54. The van der Waals surface area contributed by atoms with Crippen LogP contribution in [0.15, 0.2) is 0 Å². The second kappa shape index (κ2) is 5.50. The van der Waals surface area contributed by atoms with Crippen molar-refractivity contribution < 1.29 is 9.53 Å². The first-order valence-corrected chi connectivity index (χ1v) is 5.97. The van der Waals surface area contributed by atoms with E-state index < -0.39 is 0 Å².